The Morgan fingerprint density at radius 1 is 0.250 bits per heavy atom. The summed E-state index contributed by atoms with van der Waals surface area (Å²) in [5.74, 6) is -1.81. The van der Waals surface area contributed by atoms with Crippen LogP contribution in [0.4, 0.5) is 22.0 Å². The highest BCUT2D eigenvalue weighted by molar-refractivity contribution is 6.14. The smallest absolute Gasteiger partial charge is 0.309 e. The van der Waals surface area contributed by atoms with E-state index >= 15 is 22.0 Å². The molecular weight excluding hydrogens is 1150 g/mol. The van der Waals surface area contributed by atoms with E-state index < -0.39 is 23.4 Å². The van der Waals surface area contributed by atoms with Gasteiger partial charge in [0.1, 0.15) is 11.6 Å². The molecule has 0 saturated heterocycles. The molecular formula is C81H49F5N6. The summed E-state index contributed by atoms with van der Waals surface area (Å²) in [6, 6.07) is 83.6. The molecule has 0 unspecified atom stereocenters. The summed E-state index contributed by atoms with van der Waals surface area (Å²) in [5.41, 5.74) is 13.1. The van der Waals surface area contributed by atoms with Crippen LogP contribution in [0.2, 0.25) is 0 Å². The minimum Gasteiger partial charge on any atom is -0.309 e. The first-order chi connectivity index (χ1) is 45.1. The number of halogens is 5. The van der Waals surface area contributed by atoms with E-state index in [0.29, 0.717) is 66.7 Å². The molecule has 0 aliphatic carbocycles. The van der Waals surface area contributed by atoms with E-state index in [2.05, 4.69) is 0 Å². The zero-order chi connectivity index (χ0) is 62.0. The summed E-state index contributed by atoms with van der Waals surface area (Å²) in [4.78, 5) is 19.4. The molecule has 16 aromatic rings. The Morgan fingerprint density at radius 2 is 0.554 bits per heavy atom. The Bertz CT molecular complexity index is 5230. The fourth-order valence-corrected chi connectivity index (χ4v) is 13.2. The van der Waals surface area contributed by atoms with Crippen molar-refractivity contribution in [2.24, 2.45) is 0 Å². The van der Waals surface area contributed by atoms with E-state index in [1.165, 1.54) is 18.2 Å². The van der Waals surface area contributed by atoms with E-state index in [4.69, 9.17) is 19.9 Å². The van der Waals surface area contributed by atoms with Gasteiger partial charge in [-0.25, -0.2) is 8.78 Å². The first-order valence-electron chi connectivity index (χ1n) is 30.0. The Hall–Kier alpha value is -12.0. The number of benzene rings is 10. The van der Waals surface area contributed by atoms with E-state index in [9.17, 15) is 0 Å². The van der Waals surface area contributed by atoms with Gasteiger partial charge < -0.3 is 9.13 Å². The summed E-state index contributed by atoms with van der Waals surface area (Å²) in [6.45, 7) is 0. The quantitative estimate of drug-likeness (QED) is 0.121. The highest BCUT2D eigenvalue weighted by atomic mass is 19.4. The monoisotopic (exact) mass is 1200 g/mol. The van der Waals surface area contributed by atoms with E-state index in [1.54, 1.807) is 29.4 Å². The van der Waals surface area contributed by atoms with Gasteiger partial charge in [-0.1, -0.05) is 194 Å². The van der Waals surface area contributed by atoms with Crippen molar-refractivity contribution in [3.05, 3.63) is 315 Å². The third kappa shape index (κ3) is 9.75. The van der Waals surface area contributed by atoms with Crippen LogP contribution in [-0.2, 0) is 6.18 Å². The zero-order valence-electron chi connectivity index (χ0n) is 48.9. The number of nitrogens with zero attached hydrogens (tertiary/aromatic N) is 6. The van der Waals surface area contributed by atoms with Crippen LogP contribution in [0.1, 0.15) is 5.56 Å². The van der Waals surface area contributed by atoms with Gasteiger partial charge in [0, 0.05) is 102 Å². The van der Waals surface area contributed by atoms with Gasteiger partial charge in [0.15, 0.2) is 0 Å². The van der Waals surface area contributed by atoms with Crippen molar-refractivity contribution < 1.29 is 22.0 Å². The Kier molecular flexibility index (Phi) is 13.6. The topological polar surface area (TPSA) is 61.4 Å². The van der Waals surface area contributed by atoms with E-state index in [0.717, 1.165) is 78.5 Å². The van der Waals surface area contributed by atoms with Crippen molar-refractivity contribution in [1.82, 2.24) is 29.1 Å². The lowest BCUT2D eigenvalue weighted by molar-refractivity contribution is -0.137. The molecule has 0 aliphatic rings. The molecule has 10 aromatic carbocycles. The SMILES string of the molecule is Fc1cc(F)cc(-c2cc(-n3c4cc(-c5cccnc5-c5ccccc5)ccc4c4ccc(-c5cccnc5-c5ccccc5)cc43)c(C(F)(F)F)cc2-n2c3cc(-c4cccnc4-c4ccccc4)ccc3c3ccc(-c4cccnc4-c4ccccc4)cc32)c1. The largest absolute Gasteiger partial charge is 0.418 e. The Morgan fingerprint density at radius 3 is 0.859 bits per heavy atom. The summed E-state index contributed by atoms with van der Waals surface area (Å²) in [7, 11) is 0. The standard InChI is InChI=1S/C81H49F5N6/c82-59-41-58(42-60(83)47-59)69-48-76(92-73-45-56(63-27-15-39-89-79(63)52-21-9-3-10-22-52)31-35-67(73)68-36-32-57(46-74(68)92)64-28-16-40-90-80(64)53-23-11-4-12-24-53)70(81(84,85)86)49-75(69)91-71-43-54(61-25-13-37-87-77(61)50-17-5-1-6-18-50)29-33-65(71)66-34-30-55(44-72(66)91)62-26-14-38-88-78(62)51-19-7-2-8-20-51/h1-49H. The van der Waals surface area contributed by atoms with Crippen LogP contribution < -0.4 is 0 Å². The summed E-state index contributed by atoms with van der Waals surface area (Å²) in [5, 5.41) is 2.79. The average molecular weight is 1200 g/mol. The molecule has 0 N–H and O–H groups in total. The second-order valence-corrected chi connectivity index (χ2v) is 22.7. The summed E-state index contributed by atoms with van der Waals surface area (Å²) >= 11 is 0. The predicted molar refractivity (Wildman–Crippen MR) is 360 cm³/mol. The fourth-order valence-electron chi connectivity index (χ4n) is 13.2. The normalized spacial score (nSPS) is 11.8. The van der Waals surface area contributed by atoms with Gasteiger partial charge in [0.25, 0.3) is 0 Å². The van der Waals surface area contributed by atoms with E-state index in [-0.39, 0.29) is 22.5 Å². The van der Waals surface area contributed by atoms with Crippen molar-refractivity contribution in [1.29, 1.82) is 0 Å². The molecule has 16 rings (SSSR count). The van der Waals surface area contributed by atoms with Crippen LogP contribution in [0.15, 0.2) is 298 Å². The van der Waals surface area contributed by atoms with Crippen molar-refractivity contribution in [2.45, 2.75) is 6.18 Å². The van der Waals surface area contributed by atoms with Crippen LogP contribution in [0.25, 0.3) is 156 Å². The summed E-state index contributed by atoms with van der Waals surface area (Å²) in [6.07, 6.45) is 1.86. The molecule has 11 heteroatoms. The molecule has 92 heavy (non-hydrogen) atoms. The number of pyridine rings is 4. The lowest BCUT2D eigenvalue weighted by Gasteiger charge is -2.23. The first kappa shape index (κ1) is 55.4. The number of fused-ring (bicyclic) bond motifs is 6. The number of aromatic nitrogens is 6. The maximum Gasteiger partial charge on any atom is 0.418 e. The minimum atomic E-state index is -5.04. The second-order valence-electron chi connectivity index (χ2n) is 22.7. The Balaban J connectivity index is 1.03. The lowest BCUT2D eigenvalue weighted by Crippen LogP contribution is -2.13. The minimum absolute atomic E-state index is 0.0138. The molecule has 0 amide bonds. The number of hydrogen-bond acceptors (Lipinski definition) is 4. The molecule has 0 aliphatic heterocycles. The maximum absolute atomic E-state index is 17.3. The lowest BCUT2D eigenvalue weighted by atomic mass is 9.97. The molecule has 0 spiro atoms. The van der Waals surface area contributed by atoms with Crippen LogP contribution in [0.5, 0.6) is 0 Å². The van der Waals surface area contributed by atoms with Crippen molar-refractivity contribution in [3.8, 4) is 112 Å². The van der Waals surface area contributed by atoms with Gasteiger partial charge in [-0.2, -0.15) is 13.2 Å². The first-order valence-corrected chi connectivity index (χ1v) is 30.0. The fraction of sp³-hybridized carbons (Fsp3) is 0.0123. The van der Waals surface area contributed by atoms with E-state index in [1.807, 2.05) is 247 Å². The van der Waals surface area contributed by atoms with Gasteiger partial charge in [0.05, 0.1) is 61.8 Å². The Labute approximate surface area is 525 Å². The predicted octanol–water partition coefficient (Wildman–Crippen LogP) is 21.8. The number of alkyl halides is 3. The highest BCUT2D eigenvalue weighted by Gasteiger charge is 2.37. The number of hydrogen-bond donors (Lipinski definition) is 0. The number of rotatable bonds is 11. The van der Waals surface area contributed by atoms with Gasteiger partial charge in [-0.15, -0.1) is 0 Å². The molecule has 0 atom stereocenters. The third-order valence-corrected chi connectivity index (χ3v) is 17.3. The van der Waals surface area contributed by atoms with Gasteiger partial charge in [-0.05, 0) is 101 Å². The zero-order valence-corrected chi connectivity index (χ0v) is 48.9. The van der Waals surface area contributed by atoms with Crippen LogP contribution in [-0.4, -0.2) is 29.1 Å². The third-order valence-electron chi connectivity index (χ3n) is 17.3. The molecule has 0 fully saturated rings. The van der Waals surface area contributed by atoms with Crippen molar-refractivity contribution in [2.75, 3.05) is 0 Å². The molecule has 0 saturated carbocycles. The van der Waals surface area contributed by atoms with Crippen LogP contribution in [0, 0.1) is 11.6 Å². The molecule has 438 valence electrons. The molecule has 6 nitrogen and oxygen atoms in total. The molecule has 0 bridgehead atoms. The van der Waals surface area contributed by atoms with Gasteiger partial charge in [0.2, 0.25) is 0 Å². The average Bonchev–Trinajstić information content (AvgIpc) is 1.54. The second kappa shape index (κ2) is 22.6. The maximum atomic E-state index is 17.3. The molecule has 6 heterocycles. The van der Waals surface area contributed by atoms with Gasteiger partial charge >= 0.3 is 6.18 Å². The van der Waals surface area contributed by atoms with Crippen molar-refractivity contribution in [3.63, 3.8) is 0 Å². The van der Waals surface area contributed by atoms with Crippen LogP contribution >= 0.6 is 0 Å². The van der Waals surface area contributed by atoms with Gasteiger partial charge in [-0.3, -0.25) is 19.9 Å². The summed E-state index contributed by atoms with van der Waals surface area (Å²) < 4.78 is 88.0. The van der Waals surface area contributed by atoms with Crippen molar-refractivity contribution >= 4 is 43.6 Å². The van der Waals surface area contributed by atoms with Crippen LogP contribution in [0.3, 0.4) is 0 Å². The molecule has 0 radical (unpaired) electrons. The highest BCUT2D eigenvalue weighted by Crippen LogP contribution is 2.48. The molecule has 6 aromatic heterocycles.